The predicted octanol–water partition coefficient (Wildman–Crippen LogP) is 1.82. The first-order valence-electron chi connectivity index (χ1n) is 6.75. The molecule has 1 aromatic heterocycles. The molecule has 2 rings (SSSR count). The van der Waals surface area contributed by atoms with E-state index >= 15 is 0 Å². The van der Waals surface area contributed by atoms with Crippen molar-refractivity contribution in [2.45, 2.75) is 6.54 Å². The second-order valence-electron chi connectivity index (χ2n) is 4.78. The van der Waals surface area contributed by atoms with Gasteiger partial charge >= 0.3 is 0 Å². The molecule has 110 valence electrons. The van der Waals surface area contributed by atoms with Crippen LogP contribution in [0.1, 0.15) is 4.88 Å². The Morgan fingerprint density at radius 2 is 2.15 bits per heavy atom. The minimum Gasteiger partial charge on any atom is -0.339 e. The molecule has 20 heavy (non-hydrogen) atoms. The van der Waals surface area contributed by atoms with Crippen molar-refractivity contribution < 1.29 is 4.79 Å². The molecule has 0 atom stereocenters. The van der Waals surface area contributed by atoms with E-state index in [9.17, 15) is 4.79 Å². The molecule has 1 saturated heterocycles. The molecular formula is C14H20ClN3OS. The fourth-order valence-corrected chi connectivity index (χ4v) is 3.34. The van der Waals surface area contributed by atoms with Crippen molar-refractivity contribution >= 4 is 28.8 Å². The van der Waals surface area contributed by atoms with Crippen LogP contribution in [0, 0.1) is 0 Å². The van der Waals surface area contributed by atoms with Crippen molar-refractivity contribution in [1.29, 1.82) is 0 Å². The van der Waals surface area contributed by atoms with Crippen molar-refractivity contribution in [3.63, 3.8) is 0 Å². The van der Waals surface area contributed by atoms with E-state index in [4.69, 9.17) is 11.6 Å². The lowest BCUT2D eigenvalue weighted by atomic mass is 10.3. The van der Waals surface area contributed by atoms with Crippen molar-refractivity contribution in [2.75, 3.05) is 39.3 Å². The van der Waals surface area contributed by atoms with E-state index in [-0.39, 0.29) is 5.91 Å². The van der Waals surface area contributed by atoms with E-state index in [2.05, 4.69) is 22.9 Å². The van der Waals surface area contributed by atoms with Gasteiger partial charge in [0.15, 0.2) is 0 Å². The molecule has 1 aliphatic rings. The summed E-state index contributed by atoms with van der Waals surface area (Å²) in [5, 5.41) is 3.05. The summed E-state index contributed by atoms with van der Waals surface area (Å²) < 4.78 is 0.835. The smallest absolute Gasteiger partial charge is 0.236 e. The normalized spacial score (nSPS) is 16.4. The molecule has 0 aliphatic carbocycles. The van der Waals surface area contributed by atoms with Gasteiger partial charge in [-0.2, -0.15) is 0 Å². The van der Waals surface area contributed by atoms with Gasteiger partial charge < -0.3 is 10.2 Å². The summed E-state index contributed by atoms with van der Waals surface area (Å²) in [4.78, 5) is 17.5. The van der Waals surface area contributed by atoms with Crippen LogP contribution in [0.15, 0.2) is 24.8 Å². The van der Waals surface area contributed by atoms with Gasteiger partial charge in [-0.05, 0) is 12.1 Å². The molecule has 0 bridgehead atoms. The van der Waals surface area contributed by atoms with Crippen LogP contribution in [0.25, 0.3) is 0 Å². The zero-order valence-electron chi connectivity index (χ0n) is 11.5. The number of nitrogens with zero attached hydrogens (tertiary/aromatic N) is 2. The fourth-order valence-electron chi connectivity index (χ4n) is 2.21. The SMILES string of the molecule is C=CCNCC(=O)N1CCN(Cc2ccc(Cl)s2)CC1. The van der Waals surface area contributed by atoms with Crippen molar-refractivity contribution in [2.24, 2.45) is 0 Å². The molecule has 1 N–H and O–H groups in total. The molecular weight excluding hydrogens is 294 g/mol. The summed E-state index contributed by atoms with van der Waals surface area (Å²) in [5.41, 5.74) is 0. The summed E-state index contributed by atoms with van der Waals surface area (Å²) in [7, 11) is 0. The summed E-state index contributed by atoms with van der Waals surface area (Å²) in [6.45, 7) is 9.05. The summed E-state index contributed by atoms with van der Waals surface area (Å²) >= 11 is 7.56. The predicted molar refractivity (Wildman–Crippen MR) is 84.3 cm³/mol. The Balaban J connectivity index is 1.71. The van der Waals surface area contributed by atoms with Crippen molar-refractivity contribution in [1.82, 2.24) is 15.1 Å². The number of carbonyl (C=O) groups is 1. The van der Waals surface area contributed by atoms with E-state index in [0.29, 0.717) is 13.1 Å². The molecule has 0 saturated carbocycles. The summed E-state index contributed by atoms with van der Waals surface area (Å²) in [5.74, 6) is 0.172. The third kappa shape index (κ3) is 4.59. The van der Waals surface area contributed by atoms with E-state index in [1.54, 1.807) is 17.4 Å². The zero-order valence-corrected chi connectivity index (χ0v) is 13.1. The van der Waals surface area contributed by atoms with Gasteiger partial charge in [-0.1, -0.05) is 17.7 Å². The van der Waals surface area contributed by atoms with E-state index in [1.807, 2.05) is 11.0 Å². The van der Waals surface area contributed by atoms with Gasteiger partial charge in [-0.15, -0.1) is 17.9 Å². The van der Waals surface area contributed by atoms with Crippen LogP contribution in [0.4, 0.5) is 0 Å². The highest BCUT2D eigenvalue weighted by Crippen LogP contribution is 2.23. The number of hydrogen-bond acceptors (Lipinski definition) is 4. The van der Waals surface area contributed by atoms with Crippen molar-refractivity contribution in [3.05, 3.63) is 34.0 Å². The van der Waals surface area contributed by atoms with E-state index < -0.39 is 0 Å². The molecule has 0 unspecified atom stereocenters. The Bertz CT molecular complexity index is 455. The largest absolute Gasteiger partial charge is 0.339 e. The van der Waals surface area contributed by atoms with Crippen LogP contribution in [-0.2, 0) is 11.3 Å². The number of nitrogens with one attached hydrogen (secondary N) is 1. The van der Waals surface area contributed by atoms with Crippen molar-refractivity contribution in [3.8, 4) is 0 Å². The number of thiophene rings is 1. The van der Waals surface area contributed by atoms with Crippen LogP contribution in [0.2, 0.25) is 4.34 Å². The lowest BCUT2D eigenvalue weighted by molar-refractivity contribution is -0.132. The average molecular weight is 314 g/mol. The van der Waals surface area contributed by atoms with Gasteiger partial charge in [0, 0.05) is 44.1 Å². The lowest BCUT2D eigenvalue weighted by Gasteiger charge is -2.34. The first-order valence-corrected chi connectivity index (χ1v) is 7.94. The number of carbonyl (C=O) groups excluding carboxylic acids is 1. The third-order valence-electron chi connectivity index (χ3n) is 3.30. The highest BCUT2D eigenvalue weighted by atomic mass is 35.5. The van der Waals surface area contributed by atoms with Crippen LogP contribution in [0.5, 0.6) is 0 Å². The van der Waals surface area contributed by atoms with E-state index in [0.717, 1.165) is 37.1 Å². The first kappa shape index (κ1) is 15.5. The fraction of sp³-hybridized carbons (Fsp3) is 0.500. The standard InChI is InChI=1S/C14H20ClN3OS/c1-2-5-16-10-14(19)18-8-6-17(7-9-18)11-12-3-4-13(15)20-12/h2-4,16H,1,5-11H2. The maximum absolute atomic E-state index is 11.9. The van der Waals surface area contributed by atoms with Crippen LogP contribution < -0.4 is 5.32 Å². The van der Waals surface area contributed by atoms with Gasteiger partial charge in [-0.25, -0.2) is 0 Å². The zero-order chi connectivity index (χ0) is 14.4. The monoisotopic (exact) mass is 313 g/mol. The number of halogens is 1. The molecule has 0 radical (unpaired) electrons. The summed E-state index contributed by atoms with van der Waals surface area (Å²) in [6.07, 6.45) is 1.76. The summed E-state index contributed by atoms with van der Waals surface area (Å²) in [6, 6.07) is 4.01. The first-order chi connectivity index (χ1) is 9.69. The number of rotatable bonds is 6. The second-order valence-corrected chi connectivity index (χ2v) is 6.58. The van der Waals surface area contributed by atoms with E-state index in [1.165, 1.54) is 4.88 Å². The third-order valence-corrected chi connectivity index (χ3v) is 4.51. The van der Waals surface area contributed by atoms with Gasteiger partial charge in [-0.3, -0.25) is 9.69 Å². The average Bonchev–Trinajstić information content (AvgIpc) is 2.85. The number of hydrogen-bond donors (Lipinski definition) is 1. The Labute approximate surface area is 129 Å². The topological polar surface area (TPSA) is 35.6 Å². The number of piperazine rings is 1. The Hall–Kier alpha value is -0.880. The lowest BCUT2D eigenvalue weighted by Crippen LogP contribution is -2.50. The Morgan fingerprint density at radius 1 is 1.40 bits per heavy atom. The molecule has 6 heteroatoms. The molecule has 1 amide bonds. The molecule has 1 aliphatic heterocycles. The highest BCUT2D eigenvalue weighted by Gasteiger charge is 2.20. The van der Waals surface area contributed by atoms with Crippen LogP contribution >= 0.6 is 22.9 Å². The molecule has 1 aromatic rings. The van der Waals surface area contributed by atoms with Crippen LogP contribution in [0.3, 0.4) is 0 Å². The van der Waals surface area contributed by atoms with Gasteiger partial charge in [0.1, 0.15) is 0 Å². The Kier molecular flexibility index (Phi) is 6.04. The highest BCUT2D eigenvalue weighted by molar-refractivity contribution is 7.16. The number of amides is 1. The van der Waals surface area contributed by atoms with Crippen LogP contribution in [-0.4, -0.2) is 55.0 Å². The molecule has 0 spiro atoms. The molecule has 4 nitrogen and oxygen atoms in total. The minimum atomic E-state index is 0.172. The quantitative estimate of drug-likeness (QED) is 0.643. The molecule has 2 heterocycles. The minimum absolute atomic E-state index is 0.172. The van der Waals surface area contributed by atoms with Gasteiger partial charge in [0.05, 0.1) is 10.9 Å². The van der Waals surface area contributed by atoms with Gasteiger partial charge in [0.2, 0.25) is 5.91 Å². The molecule has 1 fully saturated rings. The molecule has 0 aromatic carbocycles. The van der Waals surface area contributed by atoms with Gasteiger partial charge in [0.25, 0.3) is 0 Å². The maximum Gasteiger partial charge on any atom is 0.236 e. The maximum atomic E-state index is 11.9. The Morgan fingerprint density at radius 3 is 2.75 bits per heavy atom. The second kappa shape index (κ2) is 7.78.